The number of aromatic amines is 1. The van der Waals surface area contributed by atoms with E-state index in [0.29, 0.717) is 57.9 Å². The average Bonchev–Trinajstić information content (AvgIpc) is 3.54. The summed E-state index contributed by atoms with van der Waals surface area (Å²) < 4.78 is 26.6. The first-order valence-electron chi connectivity index (χ1n) is 14.2. The van der Waals surface area contributed by atoms with Gasteiger partial charge in [-0.15, -0.1) is 0 Å². The third-order valence-corrected chi connectivity index (χ3v) is 7.07. The van der Waals surface area contributed by atoms with E-state index in [1.165, 1.54) is 12.1 Å². The minimum Gasteiger partial charge on any atom is -0.462 e. The molecule has 1 amide bonds. The van der Waals surface area contributed by atoms with Crippen LogP contribution in [0.2, 0.25) is 10.0 Å². The van der Waals surface area contributed by atoms with Crippen molar-refractivity contribution in [3.8, 4) is 0 Å². The Kier molecular flexibility index (Phi) is 10.7. The van der Waals surface area contributed by atoms with Gasteiger partial charge in [-0.05, 0) is 78.0 Å². The zero-order valence-corrected chi connectivity index (χ0v) is 28.0. The van der Waals surface area contributed by atoms with Crippen LogP contribution in [0.1, 0.15) is 62.3 Å². The van der Waals surface area contributed by atoms with Gasteiger partial charge in [-0.3, -0.25) is 0 Å². The molecule has 1 fully saturated rings. The number of nitrogens with one attached hydrogen (secondary N) is 1. The molecule has 1 atom stereocenters. The van der Waals surface area contributed by atoms with E-state index in [2.05, 4.69) is 9.97 Å². The van der Waals surface area contributed by atoms with Crippen LogP contribution in [0.25, 0.3) is 22.2 Å². The predicted octanol–water partition coefficient (Wildman–Crippen LogP) is 7.42. The molecule has 15 heteroatoms. The normalized spacial score (nSPS) is 15.1. The number of nitrogens with zero attached hydrogens (tertiary/aromatic N) is 3. The molecule has 3 heterocycles. The summed E-state index contributed by atoms with van der Waals surface area (Å²) in [6, 6.07) is 6.62. The van der Waals surface area contributed by atoms with E-state index < -0.39 is 17.5 Å². The van der Waals surface area contributed by atoms with E-state index in [0.717, 1.165) is 0 Å². The maximum Gasteiger partial charge on any atom is 0.410 e. The summed E-state index contributed by atoms with van der Waals surface area (Å²) in [5.74, 6) is -0.988. The third-order valence-electron chi connectivity index (χ3n) is 6.44. The third kappa shape index (κ3) is 8.27. The summed E-state index contributed by atoms with van der Waals surface area (Å²) in [6.45, 7) is 13.0. The second-order valence-electron chi connectivity index (χ2n) is 11.1. The Morgan fingerprint density at radius 2 is 1.58 bits per heavy atom. The van der Waals surface area contributed by atoms with Crippen molar-refractivity contribution in [2.24, 2.45) is 0 Å². The number of hydrogen-bond acceptors (Lipinski definition) is 11. The van der Waals surface area contributed by atoms with Crippen LogP contribution in [-0.2, 0) is 14.2 Å². The number of anilines is 1. The number of H-pyrrole nitrogens is 1. The molecule has 2 aromatic heterocycles. The van der Waals surface area contributed by atoms with Crippen molar-refractivity contribution in [1.29, 1.82) is 0 Å². The van der Waals surface area contributed by atoms with Crippen LogP contribution in [0.3, 0.4) is 0 Å². The lowest BCUT2D eigenvalue weighted by Crippen LogP contribution is -2.54. The van der Waals surface area contributed by atoms with Crippen LogP contribution in [-0.4, -0.2) is 77.4 Å². The molecule has 0 spiro atoms. The molecular weight excluding hydrogens is 647 g/mol. The van der Waals surface area contributed by atoms with Crippen molar-refractivity contribution >= 4 is 81.7 Å². The molecule has 2 aromatic carbocycles. The fourth-order valence-corrected chi connectivity index (χ4v) is 5.21. The second kappa shape index (κ2) is 14.1. The maximum atomic E-state index is 12.3. The fraction of sp³-hybridized carbons (Fsp3) is 0.433. The van der Waals surface area contributed by atoms with Crippen molar-refractivity contribution < 1.29 is 37.4 Å². The van der Waals surface area contributed by atoms with Gasteiger partial charge < -0.3 is 37.8 Å². The number of hydrogen-bond donors (Lipinski definition) is 1. The number of benzene rings is 2. The zero-order chi connectivity index (χ0) is 33.1. The van der Waals surface area contributed by atoms with Crippen molar-refractivity contribution in [3.63, 3.8) is 0 Å². The Hall–Kier alpha value is -3.81. The minimum atomic E-state index is -0.541. The molecule has 45 heavy (non-hydrogen) atoms. The molecule has 1 N–H and O–H groups in total. The Balaban J connectivity index is 0.000000242. The van der Waals surface area contributed by atoms with E-state index in [4.69, 9.17) is 58.5 Å². The van der Waals surface area contributed by atoms with Crippen molar-refractivity contribution in [2.75, 3.05) is 37.7 Å². The summed E-state index contributed by atoms with van der Waals surface area (Å²) in [5.41, 5.74) is 1.75. The first-order chi connectivity index (χ1) is 21.2. The highest BCUT2D eigenvalue weighted by Gasteiger charge is 2.32. The molecule has 0 saturated carbocycles. The topological polar surface area (TPSA) is 140 Å². The number of carbonyl (C=O) groups is 3. The smallest absolute Gasteiger partial charge is 0.410 e. The number of piperazine rings is 1. The van der Waals surface area contributed by atoms with Crippen molar-refractivity contribution in [1.82, 2.24) is 14.9 Å². The lowest BCUT2D eigenvalue weighted by atomic mass is 10.2. The van der Waals surface area contributed by atoms with Crippen LogP contribution >= 0.6 is 35.4 Å². The molecule has 0 bridgehead atoms. The molecule has 4 aromatic rings. The Morgan fingerprint density at radius 1 is 0.978 bits per heavy atom. The lowest BCUT2D eigenvalue weighted by molar-refractivity contribution is 0.0215. The van der Waals surface area contributed by atoms with E-state index in [1.807, 2.05) is 32.6 Å². The molecular formula is C30H34Cl2N4O8S. The molecule has 0 unspecified atom stereocenters. The number of oxazole rings is 2. The predicted molar refractivity (Wildman–Crippen MR) is 172 cm³/mol. The number of esters is 2. The number of amides is 1. The summed E-state index contributed by atoms with van der Waals surface area (Å²) in [5, 5.41) is 0.797. The largest absolute Gasteiger partial charge is 0.462 e. The molecule has 5 rings (SSSR count). The zero-order valence-electron chi connectivity index (χ0n) is 25.7. The van der Waals surface area contributed by atoms with Gasteiger partial charge in [0.15, 0.2) is 11.2 Å². The molecule has 242 valence electrons. The van der Waals surface area contributed by atoms with E-state index >= 15 is 0 Å². The number of aromatic nitrogens is 2. The highest BCUT2D eigenvalue weighted by atomic mass is 35.5. The number of rotatable bonds is 5. The van der Waals surface area contributed by atoms with Gasteiger partial charge in [-0.2, -0.15) is 4.98 Å². The monoisotopic (exact) mass is 680 g/mol. The van der Waals surface area contributed by atoms with E-state index in [9.17, 15) is 14.4 Å². The number of carbonyl (C=O) groups excluding carboxylic acids is 3. The molecule has 0 aliphatic carbocycles. The van der Waals surface area contributed by atoms with Crippen LogP contribution < -0.4 is 4.90 Å². The number of fused-ring (bicyclic) bond motifs is 2. The fourth-order valence-electron chi connectivity index (χ4n) is 4.59. The summed E-state index contributed by atoms with van der Waals surface area (Å²) in [7, 11) is 0. The molecule has 0 radical (unpaired) electrons. The van der Waals surface area contributed by atoms with E-state index in [-0.39, 0.29) is 41.3 Å². The van der Waals surface area contributed by atoms with Gasteiger partial charge in [0, 0.05) is 35.7 Å². The Labute approximate surface area is 274 Å². The van der Waals surface area contributed by atoms with Crippen molar-refractivity contribution in [3.05, 3.63) is 50.3 Å². The Morgan fingerprint density at radius 3 is 2.16 bits per heavy atom. The molecule has 1 saturated heterocycles. The van der Waals surface area contributed by atoms with Crippen LogP contribution in [0, 0.1) is 4.84 Å². The second-order valence-corrected chi connectivity index (χ2v) is 12.3. The van der Waals surface area contributed by atoms with Gasteiger partial charge >= 0.3 is 18.0 Å². The summed E-state index contributed by atoms with van der Waals surface area (Å²) >= 11 is 16.9. The lowest BCUT2D eigenvalue weighted by Gasteiger charge is -2.39. The Bertz CT molecular complexity index is 1780. The van der Waals surface area contributed by atoms with Crippen LogP contribution in [0.15, 0.2) is 33.1 Å². The molecule has 1 aliphatic heterocycles. The summed E-state index contributed by atoms with van der Waals surface area (Å²) in [4.78, 5) is 47.4. The van der Waals surface area contributed by atoms with Gasteiger partial charge in [0.25, 0.3) is 10.9 Å². The highest BCUT2D eigenvalue weighted by molar-refractivity contribution is 7.71. The van der Waals surface area contributed by atoms with Gasteiger partial charge in [0.05, 0.1) is 18.7 Å². The molecule has 1 aliphatic rings. The highest BCUT2D eigenvalue weighted by Crippen LogP contribution is 2.31. The van der Waals surface area contributed by atoms with Crippen molar-refractivity contribution in [2.45, 2.75) is 53.2 Å². The molecule has 12 nitrogen and oxygen atoms in total. The van der Waals surface area contributed by atoms with Crippen LogP contribution in [0.5, 0.6) is 0 Å². The van der Waals surface area contributed by atoms with E-state index in [1.54, 1.807) is 30.9 Å². The average molecular weight is 682 g/mol. The van der Waals surface area contributed by atoms with Gasteiger partial charge in [0.2, 0.25) is 0 Å². The van der Waals surface area contributed by atoms with Gasteiger partial charge in [-0.1, -0.05) is 23.2 Å². The SMILES string of the molecule is CCOC(=O)c1cc(Cl)cc2[nH]c(=S)oc12.CCOC(=O)c1cc(Cl)cc2nc(N3CCN(C(=O)OC(C)(C)C)C[C@@H]3C)oc12. The first kappa shape index (κ1) is 34.1. The standard InChI is InChI=1S/C20H26ClN3O5.C10H8ClNO3S/c1-6-27-17(25)14-9-13(21)10-15-16(14)28-18(22-15)24-8-7-23(11-12(24)2)19(26)29-20(3,4)5;1-2-14-9(13)6-3-5(11)4-7-8(6)15-10(16)12-7/h9-10,12H,6-8,11H2,1-5H3;3-4H,2H2,1H3,(H,12,16)/t12-;/m0./s1. The quantitative estimate of drug-likeness (QED) is 0.128. The maximum absolute atomic E-state index is 12.3. The first-order valence-corrected chi connectivity index (χ1v) is 15.4. The number of ether oxygens (including phenoxy) is 3. The van der Waals surface area contributed by atoms with Gasteiger partial charge in [-0.25, -0.2) is 14.4 Å². The number of halogens is 2. The van der Waals surface area contributed by atoms with Gasteiger partial charge in [0.1, 0.15) is 22.2 Å². The van der Waals surface area contributed by atoms with Crippen LogP contribution in [0.4, 0.5) is 10.8 Å². The minimum absolute atomic E-state index is 0.0501. The summed E-state index contributed by atoms with van der Waals surface area (Å²) in [6.07, 6.45) is -0.335.